The van der Waals surface area contributed by atoms with E-state index < -0.39 is 0 Å². The van der Waals surface area contributed by atoms with Gasteiger partial charge in [-0.1, -0.05) is 6.07 Å². The number of aliphatic hydroxyl groups excluding tert-OH is 1. The smallest absolute Gasteiger partial charge is 0.0879 e. The first-order valence-corrected chi connectivity index (χ1v) is 4.04. The molecule has 0 aliphatic carbocycles. The molecule has 12 heavy (non-hydrogen) atoms. The molecule has 0 aromatic carbocycles. The SMILES string of the molecule is O[C@H]1COC[C@@H]1c1ccccn1. The van der Waals surface area contributed by atoms with E-state index in [0.29, 0.717) is 13.2 Å². The molecule has 64 valence electrons. The summed E-state index contributed by atoms with van der Waals surface area (Å²) in [6, 6.07) is 5.71. The number of aliphatic hydroxyl groups is 1. The lowest BCUT2D eigenvalue weighted by atomic mass is 10.0. The number of hydrogen-bond acceptors (Lipinski definition) is 3. The molecular formula is C9H11NO2. The molecule has 0 spiro atoms. The third kappa shape index (κ3) is 1.33. The van der Waals surface area contributed by atoms with E-state index in [1.165, 1.54) is 0 Å². The second-order valence-electron chi connectivity index (χ2n) is 2.97. The summed E-state index contributed by atoms with van der Waals surface area (Å²) in [4.78, 5) is 4.17. The average Bonchev–Trinajstić information content (AvgIpc) is 2.53. The summed E-state index contributed by atoms with van der Waals surface area (Å²) < 4.78 is 5.13. The van der Waals surface area contributed by atoms with Crippen molar-refractivity contribution in [1.82, 2.24) is 4.98 Å². The van der Waals surface area contributed by atoms with E-state index in [1.54, 1.807) is 6.20 Å². The van der Waals surface area contributed by atoms with Gasteiger partial charge in [0.05, 0.1) is 25.2 Å². The zero-order valence-corrected chi connectivity index (χ0v) is 6.68. The first kappa shape index (κ1) is 7.71. The van der Waals surface area contributed by atoms with Crippen molar-refractivity contribution in [3.8, 4) is 0 Å². The Labute approximate surface area is 71.0 Å². The van der Waals surface area contributed by atoms with Crippen LogP contribution in [0.5, 0.6) is 0 Å². The van der Waals surface area contributed by atoms with E-state index >= 15 is 0 Å². The summed E-state index contributed by atoms with van der Waals surface area (Å²) in [7, 11) is 0. The van der Waals surface area contributed by atoms with Gasteiger partial charge in [-0.15, -0.1) is 0 Å². The van der Waals surface area contributed by atoms with Gasteiger partial charge in [0.25, 0.3) is 0 Å². The molecule has 1 aliphatic heterocycles. The van der Waals surface area contributed by atoms with Crippen molar-refractivity contribution in [1.29, 1.82) is 0 Å². The fourth-order valence-corrected chi connectivity index (χ4v) is 1.42. The highest BCUT2D eigenvalue weighted by atomic mass is 16.5. The Morgan fingerprint density at radius 3 is 2.92 bits per heavy atom. The standard InChI is InChI=1S/C9H11NO2/c11-9-6-12-5-7(9)8-3-1-2-4-10-8/h1-4,7,9,11H,5-6H2/t7-,9+/m1/s1. The minimum absolute atomic E-state index is 0.0613. The highest BCUT2D eigenvalue weighted by Crippen LogP contribution is 2.23. The van der Waals surface area contributed by atoms with E-state index in [1.807, 2.05) is 18.2 Å². The summed E-state index contributed by atoms with van der Waals surface area (Å²) in [5, 5.41) is 9.48. The molecule has 0 amide bonds. The molecule has 1 saturated heterocycles. The number of nitrogens with zero attached hydrogens (tertiary/aromatic N) is 1. The topological polar surface area (TPSA) is 42.4 Å². The monoisotopic (exact) mass is 165 g/mol. The highest BCUT2D eigenvalue weighted by Gasteiger charge is 2.28. The highest BCUT2D eigenvalue weighted by molar-refractivity contribution is 5.12. The predicted octanol–water partition coefficient (Wildman–Crippen LogP) is 0.556. The lowest BCUT2D eigenvalue weighted by Gasteiger charge is -2.10. The summed E-state index contributed by atoms with van der Waals surface area (Å²) in [6.45, 7) is 1.01. The van der Waals surface area contributed by atoms with E-state index in [2.05, 4.69) is 4.98 Å². The van der Waals surface area contributed by atoms with Crippen LogP contribution in [0.25, 0.3) is 0 Å². The predicted molar refractivity (Wildman–Crippen MR) is 43.8 cm³/mol. The summed E-state index contributed by atoms with van der Waals surface area (Å²) in [5.74, 6) is 0.0613. The van der Waals surface area contributed by atoms with E-state index in [9.17, 15) is 5.11 Å². The third-order valence-electron chi connectivity index (χ3n) is 2.12. The fraction of sp³-hybridized carbons (Fsp3) is 0.444. The molecule has 1 N–H and O–H groups in total. The minimum Gasteiger partial charge on any atom is -0.390 e. The lowest BCUT2D eigenvalue weighted by Crippen LogP contribution is -2.16. The van der Waals surface area contributed by atoms with Gasteiger partial charge in [0.15, 0.2) is 0 Å². The van der Waals surface area contributed by atoms with Gasteiger partial charge in [-0.05, 0) is 12.1 Å². The molecule has 3 nitrogen and oxygen atoms in total. The van der Waals surface area contributed by atoms with Gasteiger partial charge in [-0.2, -0.15) is 0 Å². The maximum Gasteiger partial charge on any atom is 0.0879 e. The van der Waals surface area contributed by atoms with Crippen LogP contribution in [-0.2, 0) is 4.74 Å². The van der Waals surface area contributed by atoms with Crippen molar-refractivity contribution in [3.05, 3.63) is 30.1 Å². The van der Waals surface area contributed by atoms with Gasteiger partial charge in [-0.3, -0.25) is 4.98 Å². The average molecular weight is 165 g/mol. The van der Waals surface area contributed by atoms with Crippen molar-refractivity contribution in [2.45, 2.75) is 12.0 Å². The van der Waals surface area contributed by atoms with E-state index in [0.717, 1.165) is 5.69 Å². The number of ether oxygens (including phenoxy) is 1. The summed E-state index contributed by atoms with van der Waals surface area (Å²) in [5.41, 5.74) is 0.919. The number of hydrogen-bond donors (Lipinski definition) is 1. The molecule has 3 heteroatoms. The van der Waals surface area contributed by atoms with Crippen LogP contribution < -0.4 is 0 Å². The summed E-state index contributed by atoms with van der Waals surface area (Å²) in [6.07, 6.45) is 1.35. The third-order valence-corrected chi connectivity index (χ3v) is 2.12. The van der Waals surface area contributed by atoms with Crippen LogP contribution in [0.1, 0.15) is 11.6 Å². The second kappa shape index (κ2) is 3.21. The molecular weight excluding hydrogens is 154 g/mol. The van der Waals surface area contributed by atoms with Gasteiger partial charge < -0.3 is 9.84 Å². The Hall–Kier alpha value is -0.930. The fourth-order valence-electron chi connectivity index (χ4n) is 1.42. The van der Waals surface area contributed by atoms with Gasteiger partial charge in [0.1, 0.15) is 0 Å². The summed E-state index contributed by atoms with van der Waals surface area (Å²) >= 11 is 0. The van der Waals surface area contributed by atoms with Crippen molar-refractivity contribution in [3.63, 3.8) is 0 Å². The Balaban J connectivity index is 2.19. The van der Waals surface area contributed by atoms with Crippen LogP contribution in [0.15, 0.2) is 24.4 Å². The van der Waals surface area contributed by atoms with Crippen molar-refractivity contribution in [2.24, 2.45) is 0 Å². The molecule has 1 fully saturated rings. The number of pyridine rings is 1. The van der Waals surface area contributed by atoms with E-state index in [4.69, 9.17) is 4.74 Å². The van der Waals surface area contributed by atoms with Crippen molar-refractivity contribution >= 4 is 0 Å². The van der Waals surface area contributed by atoms with Crippen LogP contribution in [0.3, 0.4) is 0 Å². The second-order valence-corrected chi connectivity index (χ2v) is 2.97. The normalized spacial score (nSPS) is 29.1. The molecule has 1 aliphatic rings. The minimum atomic E-state index is -0.389. The van der Waals surface area contributed by atoms with Gasteiger partial charge >= 0.3 is 0 Å². The number of rotatable bonds is 1. The van der Waals surface area contributed by atoms with E-state index in [-0.39, 0.29) is 12.0 Å². The van der Waals surface area contributed by atoms with Gasteiger partial charge in [0.2, 0.25) is 0 Å². The molecule has 2 rings (SSSR count). The Morgan fingerprint density at radius 2 is 2.33 bits per heavy atom. The van der Waals surface area contributed by atoms with Crippen molar-refractivity contribution < 1.29 is 9.84 Å². The van der Waals surface area contributed by atoms with Crippen molar-refractivity contribution in [2.75, 3.05) is 13.2 Å². The van der Waals surface area contributed by atoms with Gasteiger partial charge in [-0.25, -0.2) is 0 Å². The lowest BCUT2D eigenvalue weighted by molar-refractivity contribution is 0.124. The largest absolute Gasteiger partial charge is 0.390 e. The first-order chi connectivity index (χ1) is 5.88. The molecule has 0 saturated carbocycles. The maximum atomic E-state index is 9.48. The molecule has 0 radical (unpaired) electrons. The molecule has 0 bridgehead atoms. The number of aromatic nitrogens is 1. The zero-order chi connectivity index (χ0) is 8.39. The van der Waals surface area contributed by atoms with Crippen LogP contribution >= 0.6 is 0 Å². The van der Waals surface area contributed by atoms with Crippen LogP contribution in [0.4, 0.5) is 0 Å². The molecule has 2 atom stereocenters. The maximum absolute atomic E-state index is 9.48. The zero-order valence-electron chi connectivity index (χ0n) is 6.68. The quantitative estimate of drug-likeness (QED) is 0.661. The molecule has 0 unspecified atom stereocenters. The molecule has 1 aromatic rings. The Morgan fingerprint density at radius 1 is 1.42 bits per heavy atom. The van der Waals surface area contributed by atoms with Crippen LogP contribution in [0, 0.1) is 0 Å². The first-order valence-electron chi connectivity index (χ1n) is 4.04. The van der Waals surface area contributed by atoms with Crippen LogP contribution in [0.2, 0.25) is 0 Å². The van der Waals surface area contributed by atoms with Gasteiger partial charge in [0, 0.05) is 11.9 Å². The molecule has 1 aromatic heterocycles. The Kier molecular flexibility index (Phi) is 2.06. The molecule has 2 heterocycles. The Bertz CT molecular complexity index is 250. The van der Waals surface area contributed by atoms with Crippen LogP contribution in [-0.4, -0.2) is 29.4 Å².